The van der Waals surface area contributed by atoms with Crippen molar-refractivity contribution >= 4 is 47.0 Å². The Kier molecular flexibility index (Phi) is 9.20. The van der Waals surface area contributed by atoms with Gasteiger partial charge < -0.3 is 15.5 Å². The number of nitrogens with zero attached hydrogens (tertiary/aromatic N) is 2. The van der Waals surface area contributed by atoms with E-state index in [9.17, 15) is 4.39 Å². The molecule has 0 saturated heterocycles. The Labute approximate surface area is 170 Å². The third-order valence-electron chi connectivity index (χ3n) is 3.67. The molecule has 0 atom stereocenters. The van der Waals surface area contributed by atoms with Crippen LogP contribution < -0.4 is 15.5 Å². The van der Waals surface area contributed by atoms with Crippen molar-refractivity contribution in [2.45, 2.75) is 26.4 Å². The van der Waals surface area contributed by atoms with E-state index in [1.165, 1.54) is 9.75 Å². The number of aryl methyl sites for hydroxylation is 1. The van der Waals surface area contributed by atoms with Crippen LogP contribution in [0, 0.1) is 5.82 Å². The summed E-state index contributed by atoms with van der Waals surface area (Å²) in [7, 11) is 5.39. The van der Waals surface area contributed by atoms with Crippen molar-refractivity contribution in [2.24, 2.45) is 4.99 Å². The van der Waals surface area contributed by atoms with Gasteiger partial charge in [-0.25, -0.2) is 4.39 Å². The maximum absolute atomic E-state index is 14.0. The molecule has 1 aromatic carbocycles. The van der Waals surface area contributed by atoms with Crippen LogP contribution in [-0.2, 0) is 19.5 Å². The van der Waals surface area contributed by atoms with Gasteiger partial charge in [0.2, 0.25) is 0 Å². The lowest BCUT2D eigenvalue weighted by molar-refractivity contribution is 0.623. The van der Waals surface area contributed by atoms with Crippen LogP contribution in [0.2, 0.25) is 0 Å². The second-order valence-electron chi connectivity index (χ2n) is 5.68. The highest BCUT2D eigenvalue weighted by atomic mass is 127. The molecule has 4 nitrogen and oxygen atoms in total. The molecule has 0 aliphatic heterocycles. The molecule has 0 aliphatic rings. The first-order valence-electron chi connectivity index (χ1n) is 8.01. The Hall–Kier alpha value is -1.35. The van der Waals surface area contributed by atoms with Gasteiger partial charge in [-0.2, -0.15) is 0 Å². The van der Waals surface area contributed by atoms with Crippen molar-refractivity contribution in [3.05, 3.63) is 51.5 Å². The Morgan fingerprint density at radius 3 is 2.36 bits per heavy atom. The molecule has 0 amide bonds. The van der Waals surface area contributed by atoms with Crippen molar-refractivity contribution < 1.29 is 4.39 Å². The van der Waals surface area contributed by atoms with Gasteiger partial charge in [-0.15, -0.1) is 35.3 Å². The minimum absolute atomic E-state index is 0. The van der Waals surface area contributed by atoms with E-state index in [1.807, 2.05) is 20.2 Å². The number of guanidine groups is 1. The lowest BCUT2D eigenvalue weighted by Crippen LogP contribution is -2.36. The van der Waals surface area contributed by atoms with Crippen LogP contribution in [0.3, 0.4) is 0 Å². The topological polar surface area (TPSA) is 39.7 Å². The summed E-state index contributed by atoms with van der Waals surface area (Å²) < 4.78 is 14.0. The third kappa shape index (κ3) is 6.47. The van der Waals surface area contributed by atoms with Gasteiger partial charge in [0, 0.05) is 37.4 Å². The van der Waals surface area contributed by atoms with Crippen molar-refractivity contribution in [1.29, 1.82) is 0 Å². The highest BCUT2D eigenvalue weighted by Gasteiger charge is 2.06. The van der Waals surface area contributed by atoms with Crippen molar-refractivity contribution in [2.75, 3.05) is 26.0 Å². The van der Waals surface area contributed by atoms with Crippen LogP contribution >= 0.6 is 35.3 Å². The van der Waals surface area contributed by atoms with Gasteiger partial charge in [-0.3, -0.25) is 4.99 Å². The van der Waals surface area contributed by atoms with Crippen LogP contribution in [0.5, 0.6) is 0 Å². The van der Waals surface area contributed by atoms with Crippen molar-refractivity contribution in [3.8, 4) is 0 Å². The average molecular weight is 476 g/mol. The molecular formula is C18H26FIN4S. The van der Waals surface area contributed by atoms with E-state index in [-0.39, 0.29) is 29.8 Å². The van der Waals surface area contributed by atoms with E-state index >= 15 is 0 Å². The molecular weight excluding hydrogens is 450 g/mol. The van der Waals surface area contributed by atoms with Crippen LogP contribution in [0.15, 0.2) is 35.3 Å². The molecule has 2 N–H and O–H groups in total. The molecule has 0 fully saturated rings. The first-order valence-corrected chi connectivity index (χ1v) is 8.83. The van der Waals surface area contributed by atoms with Crippen LogP contribution in [0.4, 0.5) is 10.1 Å². The second-order valence-corrected chi connectivity index (χ2v) is 6.93. The minimum atomic E-state index is -0.215. The zero-order chi connectivity index (χ0) is 17.5. The smallest absolute Gasteiger partial charge is 0.191 e. The van der Waals surface area contributed by atoms with Gasteiger partial charge in [-0.05, 0) is 36.2 Å². The third-order valence-corrected chi connectivity index (χ3v) is 4.90. The molecule has 2 rings (SSSR count). The Morgan fingerprint density at radius 2 is 1.80 bits per heavy atom. The first kappa shape index (κ1) is 21.7. The van der Waals surface area contributed by atoms with Crippen LogP contribution in [0.1, 0.15) is 22.2 Å². The Balaban J connectivity index is 0.00000312. The number of anilines is 1. The lowest BCUT2D eigenvalue weighted by Gasteiger charge is -2.15. The lowest BCUT2D eigenvalue weighted by atomic mass is 10.2. The molecule has 0 unspecified atom stereocenters. The molecule has 1 aromatic heterocycles. The maximum Gasteiger partial charge on any atom is 0.191 e. The fraction of sp³-hybridized carbons (Fsp3) is 0.389. The van der Waals surface area contributed by atoms with Gasteiger partial charge in [0.25, 0.3) is 0 Å². The molecule has 0 spiro atoms. The van der Waals surface area contributed by atoms with E-state index in [4.69, 9.17) is 0 Å². The van der Waals surface area contributed by atoms with E-state index in [2.05, 4.69) is 34.7 Å². The van der Waals surface area contributed by atoms with Gasteiger partial charge in [0.1, 0.15) is 5.82 Å². The summed E-state index contributed by atoms with van der Waals surface area (Å²) in [5.74, 6) is 0.492. The quantitative estimate of drug-likeness (QED) is 0.376. The molecule has 0 aliphatic carbocycles. The summed E-state index contributed by atoms with van der Waals surface area (Å²) in [6.45, 7) is 3.41. The summed E-state index contributed by atoms with van der Waals surface area (Å²) in [5.41, 5.74) is 1.47. The first-order chi connectivity index (χ1) is 11.5. The normalized spacial score (nSPS) is 11.0. The van der Waals surface area contributed by atoms with Crippen molar-refractivity contribution in [3.63, 3.8) is 0 Å². The number of aliphatic imine (C=N–C) groups is 1. The summed E-state index contributed by atoms with van der Waals surface area (Å²) >= 11 is 1.81. The van der Waals surface area contributed by atoms with Gasteiger partial charge in [0.05, 0.1) is 12.2 Å². The fourth-order valence-corrected chi connectivity index (χ4v) is 3.21. The predicted octanol–water partition coefficient (Wildman–Crippen LogP) is 4.00. The zero-order valence-electron chi connectivity index (χ0n) is 15.1. The van der Waals surface area contributed by atoms with E-state index < -0.39 is 0 Å². The number of hydrogen-bond acceptors (Lipinski definition) is 3. The molecule has 0 saturated carbocycles. The number of thiophene rings is 1. The standard InChI is InChI=1S/C18H25FN4S.HI/c1-5-14-7-8-15(24-14)12-22-18(20-2)21-11-13-6-9-17(23(3)4)16(19)10-13;/h6-10H,5,11-12H2,1-4H3,(H2,20,21,22);1H. The highest BCUT2D eigenvalue weighted by molar-refractivity contribution is 14.0. The summed E-state index contributed by atoms with van der Waals surface area (Å²) in [6, 6.07) is 9.57. The monoisotopic (exact) mass is 476 g/mol. The summed E-state index contributed by atoms with van der Waals surface area (Å²) in [5, 5.41) is 6.50. The SMILES string of the molecule is CCc1ccc(CNC(=NC)NCc2ccc(N(C)C)c(F)c2)s1.I. The average Bonchev–Trinajstić information content (AvgIpc) is 3.03. The molecule has 2 aromatic rings. The zero-order valence-corrected chi connectivity index (χ0v) is 18.2. The number of benzene rings is 1. The van der Waals surface area contributed by atoms with Crippen molar-refractivity contribution in [1.82, 2.24) is 10.6 Å². The predicted molar refractivity (Wildman–Crippen MR) is 117 cm³/mol. The van der Waals surface area contributed by atoms with Crippen LogP contribution in [-0.4, -0.2) is 27.1 Å². The molecule has 1 heterocycles. The largest absolute Gasteiger partial charge is 0.375 e. The Morgan fingerprint density at radius 1 is 1.12 bits per heavy atom. The van der Waals surface area contributed by atoms with E-state index in [0.717, 1.165) is 18.5 Å². The van der Waals surface area contributed by atoms with Gasteiger partial charge in [-0.1, -0.05) is 13.0 Å². The molecule has 25 heavy (non-hydrogen) atoms. The number of nitrogens with one attached hydrogen (secondary N) is 2. The fourth-order valence-electron chi connectivity index (χ4n) is 2.31. The molecule has 0 bridgehead atoms. The minimum Gasteiger partial charge on any atom is -0.375 e. The van der Waals surface area contributed by atoms with E-state index in [0.29, 0.717) is 18.2 Å². The molecule has 7 heteroatoms. The molecule has 0 radical (unpaired) electrons. The van der Waals surface area contributed by atoms with Gasteiger partial charge in [0.15, 0.2) is 5.96 Å². The number of hydrogen-bond donors (Lipinski definition) is 2. The summed E-state index contributed by atoms with van der Waals surface area (Å²) in [6.07, 6.45) is 1.06. The van der Waals surface area contributed by atoms with E-state index in [1.54, 1.807) is 35.4 Å². The number of halogens is 2. The van der Waals surface area contributed by atoms with Gasteiger partial charge >= 0.3 is 0 Å². The second kappa shape index (κ2) is 10.6. The molecule has 138 valence electrons. The maximum atomic E-state index is 14.0. The Bertz CT molecular complexity index is 700. The number of rotatable bonds is 6. The highest BCUT2D eigenvalue weighted by Crippen LogP contribution is 2.18. The summed E-state index contributed by atoms with van der Waals surface area (Å²) in [4.78, 5) is 8.63. The van der Waals surface area contributed by atoms with Crippen LogP contribution in [0.25, 0.3) is 0 Å².